The molecule has 1 aromatic rings. The van der Waals surface area contributed by atoms with Crippen molar-refractivity contribution < 1.29 is 13.9 Å². The van der Waals surface area contributed by atoms with E-state index in [1.807, 2.05) is 33.8 Å². The number of rotatable bonds is 3. The zero-order chi connectivity index (χ0) is 18.8. The van der Waals surface area contributed by atoms with Crippen molar-refractivity contribution in [3.63, 3.8) is 0 Å². The second-order valence-corrected chi connectivity index (χ2v) is 8.00. The number of carbonyl (C=O) groups excluding carboxylic acids is 1. The zero-order valence-corrected chi connectivity index (χ0v) is 15.6. The third-order valence-corrected chi connectivity index (χ3v) is 4.60. The lowest BCUT2D eigenvalue weighted by Gasteiger charge is -2.45. The molecule has 0 aromatic heterocycles. The van der Waals surface area contributed by atoms with Gasteiger partial charge in [0.05, 0.1) is 6.04 Å². The molecule has 1 aromatic carbocycles. The Morgan fingerprint density at radius 1 is 1.52 bits per heavy atom. The Balaban J connectivity index is 2.37. The fraction of sp³-hybridized carbons (Fsp3) is 0.550. The summed E-state index contributed by atoms with van der Waals surface area (Å²) in [6.45, 7) is 11.7. The Hall–Kier alpha value is -1.88. The van der Waals surface area contributed by atoms with Crippen LogP contribution in [0.5, 0.6) is 0 Å². The van der Waals surface area contributed by atoms with Gasteiger partial charge in [-0.25, -0.2) is 9.18 Å². The van der Waals surface area contributed by atoms with Gasteiger partial charge < -0.3 is 15.4 Å². The van der Waals surface area contributed by atoms with Gasteiger partial charge >= 0.3 is 6.09 Å². The molecule has 138 valence electrons. The Labute approximate surface area is 149 Å². The maximum absolute atomic E-state index is 13.5. The molecular formula is C20H29FN2O2. The van der Waals surface area contributed by atoms with E-state index in [1.54, 1.807) is 11.0 Å². The second kappa shape index (κ2) is 7.16. The average Bonchev–Trinajstić information content (AvgIpc) is 2.45. The zero-order valence-electron chi connectivity index (χ0n) is 15.6. The molecular weight excluding hydrogens is 319 g/mol. The van der Waals surface area contributed by atoms with E-state index < -0.39 is 11.1 Å². The summed E-state index contributed by atoms with van der Waals surface area (Å²) < 4.78 is 19.1. The molecule has 1 heterocycles. The summed E-state index contributed by atoms with van der Waals surface area (Å²) in [7, 11) is 0. The van der Waals surface area contributed by atoms with Crippen molar-refractivity contribution in [1.29, 1.82) is 0 Å². The molecule has 25 heavy (non-hydrogen) atoms. The molecule has 2 rings (SSSR count). The SMILES string of the molecule is C=CCC1(N)CCN(C(=O)OC(C)(C)C)C(c2ccc(F)cc2C)C1. The number of hydrogen-bond donors (Lipinski definition) is 1. The number of nitrogens with two attached hydrogens (primary N) is 1. The van der Waals surface area contributed by atoms with Crippen LogP contribution in [-0.4, -0.2) is 28.7 Å². The minimum Gasteiger partial charge on any atom is -0.444 e. The molecule has 0 spiro atoms. The smallest absolute Gasteiger partial charge is 0.410 e. The van der Waals surface area contributed by atoms with Gasteiger partial charge in [-0.3, -0.25) is 0 Å². The maximum atomic E-state index is 13.5. The van der Waals surface area contributed by atoms with Crippen LogP contribution in [0.2, 0.25) is 0 Å². The molecule has 0 bridgehead atoms. The van der Waals surface area contributed by atoms with Crippen LogP contribution in [0.4, 0.5) is 9.18 Å². The first-order chi connectivity index (χ1) is 11.5. The topological polar surface area (TPSA) is 55.6 Å². The first-order valence-corrected chi connectivity index (χ1v) is 8.70. The predicted molar refractivity (Wildman–Crippen MR) is 97.8 cm³/mol. The molecule has 2 atom stereocenters. The standard InChI is InChI=1S/C20H29FN2O2/c1-6-9-20(22)10-11-23(18(24)25-19(3,4)5)17(13-20)16-8-7-15(21)12-14(16)2/h6-8,12,17H,1,9-11,13,22H2,2-5H3. The van der Waals surface area contributed by atoms with Crippen molar-refractivity contribution in [3.8, 4) is 0 Å². The highest BCUT2D eigenvalue weighted by molar-refractivity contribution is 5.69. The van der Waals surface area contributed by atoms with Crippen molar-refractivity contribution in [2.24, 2.45) is 5.73 Å². The van der Waals surface area contributed by atoms with E-state index in [4.69, 9.17) is 10.5 Å². The largest absolute Gasteiger partial charge is 0.444 e. The van der Waals surface area contributed by atoms with Crippen LogP contribution < -0.4 is 5.73 Å². The number of ether oxygens (including phenoxy) is 1. The lowest BCUT2D eigenvalue weighted by Crippen LogP contribution is -2.53. The van der Waals surface area contributed by atoms with Crippen LogP contribution in [0.1, 0.15) is 57.2 Å². The summed E-state index contributed by atoms with van der Waals surface area (Å²) in [6.07, 6.45) is 3.39. The summed E-state index contributed by atoms with van der Waals surface area (Å²) >= 11 is 0. The Morgan fingerprint density at radius 2 is 2.20 bits per heavy atom. The van der Waals surface area contributed by atoms with Gasteiger partial charge in [0.25, 0.3) is 0 Å². The van der Waals surface area contributed by atoms with E-state index in [-0.39, 0.29) is 18.0 Å². The first kappa shape index (κ1) is 19.4. The summed E-state index contributed by atoms with van der Waals surface area (Å²) in [5.41, 5.74) is 7.26. The average molecular weight is 348 g/mol. The second-order valence-electron chi connectivity index (χ2n) is 8.00. The van der Waals surface area contributed by atoms with Crippen LogP contribution >= 0.6 is 0 Å². The van der Waals surface area contributed by atoms with Crippen molar-refractivity contribution in [2.75, 3.05) is 6.54 Å². The van der Waals surface area contributed by atoms with Gasteiger partial charge in [-0.2, -0.15) is 0 Å². The molecule has 1 fully saturated rings. The molecule has 1 saturated heterocycles. The number of nitrogens with zero attached hydrogens (tertiary/aromatic N) is 1. The van der Waals surface area contributed by atoms with Gasteiger partial charge in [0, 0.05) is 12.1 Å². The third-order valence-electron chi connectivity index (χ3n) is 4.60. The van der Waals surface area contributed by atoms with Gasteiger partial charge in [-0.05, 0) is 70.2 Å². The number of aryl methyl sites for hydroxylation is 1. The number of piperidine rings is 1. The third kappa shape index (κ3) is 4.82. The van der Waals surface area contributed by atoms with Crippen LogP contribution in [0.3, 0.4) is 0 Å². The van der Waals surface area contributed by atoms with E-state index in [1.165, 1.54) is 12.1 Å². The number of halogens is 1. The fourth-order valence-corrected chi connectivity index (χ4v) is 3.40. The Bertz CT molecular complexity index is 654. The summed E-state index contributed by atoms with van der Waals surface area (Å²) in [5, 5.41) is 0. The van der Waals surface area contributed by atoms with E-state index >= 15 is 0 Å². The lowest BCUT2D eigenvalue weighted by atomic mass is 9.78. The minimum absolute atomic E-state index is 0.242. The first-order valence-electron chi connectivity index (χ1n) is 8.70. The molecule has 4 nitrogen and oxygen atoms in total. The number of amides is 1. The van der Waals surface area contributed by atoms with Gasteiger partial charge in [0.15, 0.2) is 0 Å². The van der Waals surface area contributed by atoms with Crippen LogP contribution in [0.15, 0.2) is 30.9 Å². The highest BCUT2D eigenvalue weighted by atomic mass is 19.1. The molecule has 2 N–H and O–H groups in total. The number of carbonyl (C=O) groups is 1. The van der Waals surface area contributed by atoms with Gasteiger partial charge in [-0.1, -0.05) is 12.1 Å². The van der Waals surface area contributed by atoms with E-state index in [2.05, 4.69) is 6.58 Å². The van der Waals surface area contributed by atoms with Crippen molar-refractivity contribution in [3.05, 3.63) is 47.8 Å². The van der Waals surface area contributed by atoms with Crippen molar-refractivity contribution in [1.82, 2.24) is 4.90 Å². The lowest BCUT2D eigenvalue weighted by molar-refractivity contribution is 0.00172. The monoisotopic (exact) mass is 348 g/mol. The van der Waals surface area contributed by atoms with E-state index in [0.717, 1.165) is 11.1 Å². The summed E-state index contributed by atoms with van der Waals surface area (Å²) in [5.74, 6) is -0.286. The molecule has 1 amide bonds. The highest BCUT2D eigenvalue weighted by Gasteiger charge is 2.41. The van der Waals surface area contributed by atoms with E-state index in [9.17, 15) is 9.18 Å². The maximum Gasteiger partial charge on any atom is 0.410 e. The minimum atomic E-state index is -0.572. The molecule has 1 aliphatic heterocycles. The molecule has 0 saturated carbocycles. The predicted octanol–water partition coefficient (Wildman–Crippen LogP) is 4.48. The van der Waals surface area contributed by atoms with Crippen molar-refractivity contribution in [2.45, 2.75) is 64.1 Å². The molecule has 0 radical (unpaired) electrons. The van der Waals surface area contributed by atoms with Gasteiger partial charge in [0.1, 0.15) is 11.4 Å². The summed E-state index contributed by atoms with van der Waals surface area (Å²) in [6, 6.07) is 4.42. The van der Waals surface area contributed by atoms with E-state index in [0.29, 0.717) is 25.8 Å². The summed E-state index contributed by atoms with van der Waals surface area (Å²) in [4.78, 5) is 14.4. The number of hydrogen-bond acceptors (Lipinski definition) is 3. The Kier molecular flexibility index (Phi) is 5.57. The normalized spacial score (nSPS) is 24.1. The molecule has 1 aliphatic rings. The number of likely N-dealkylation sites (tertiary alicyclic amines) is 1. The molecule has 0 aliphatic carbocycles. The van der Waals surface area contributed by atoms with Crippen LogP contribution in [-0.2, 0) is 4.74 Å². The van der Waals surface area contributed by atoms with Gasteiger partial charge in [-0.15, -0.1) is 6.58 Å². The fourth-order valence-electron chi connectivity index (χ4n) is 3.40. The van der Waals surface area contributed by atoms with Crippen LogP contribution in [0.25, 0.3) is 0 Å². The highest BCUT2D eigenvalue weighted by Crippen LogP contribution is 2.39. The quantitative estimate of drug-likeness (QED) is 0.820. The molecule has 5 heteroatoms. The Morgan fingerprint density at radius 3 is 2.76 bits per heavy atom. The number of benzene rings is 1. The van der Waals surface area contributed by atoms with Crippen molar-refractivity contribution >= 4 is 6.09 Å². The van der Waals surface area contributed by atoms with Gasteiger partial charge in [0.2, 0.25) is 0 Å². The molecule has 2 unspecified atom stereocenters. The van der Waals surface area contributed by atoms with Crippen LogP contribution in [0, 0.1) is 12.7 Å².